The summed E-state index contributed by atoms with van der Waals surface area (Å²) in [4.78, 5) is 22.9. The van der Waals surface area contributed by atoms with Crippen LogP contribution in [-0.2, 0) is 4.79 Å². The van der Waals surface area contributed by atoms with E-state index in [-0.39, 0.29) is 10.7 Å². The standard InChI is InChI=1S/C13H18N2O2S/c1-13(2,3)18-8-11(16)15-10-7-5-4-6-9(10)12(14)17/h4-7H,8H2,1-3H3,(H2,14,17)(H,15,16). The van der Waals surface area contributed by atoms with Crippen LogP contribution >= 0.6 is 11.8 Å². The number of carbonyl (C=O) groups is 2. The molecule has 0 bridgehead atoms. The van der Waals surface area contributed by atoms with Crippen LogP contribution in [0.4, 0.5) is 5.69 Å². The number of para-hydroxylation sites is 1. The molecule has 0 fully saturated rings. The minimum atomic E-state index is -0.547. The maximum Gasteiger partial charge on any atom is 0.250 e. The van der Waals surface area contributed by atoms with Gasteiger partial charge in [-0.05, 0) is 12.1 Å². The first-order chi connectivity index (χ1) is 8.29. The number of rotatable bonds is 4. The van der Waals surface area contributed by atoms with Crippen LogP contribution in [0.1, 0.15) is 31.1 Å². The van der Waals surface area contributed by atoms with Gasteiger partial charge in [-0.25, -0.2) is 0 Å². The van der Waals surface area contributed by atoms with Crippen molar-refractivity contribution in [1.29, 1.82) is 0 Å². The fourth-order valence-electron chi connectivity index (χ4n) is 1.28. The Labute approximate surface area is 111 Å². The van der Waals surface area contributed by atoms with E-state index in [0.717, 1.165) is 0 Å². The van der Waals surface area contributed by atoms with Gasteiger partial charge in [-0.3, -0.25) is 9.59 Å². The van der Waals surface area contributed by atoms with E-state index >= 15 is 0 Å². The highest BCUT2D eigenvalue weighted by molar-refractivity contribution is 8.01. The topological polar surface area (TPSA) is 72.2 Å². The fourth-order valence-corrected chi connectivity index (χ4v) is 1.91. The van der Waals surface area contributed by atoms with Crippen LogP contribution in [0.25, 0.3) is 0 Å². The molecule has 0 saturated carbocycles. The number of hydrogen-bond donors (Lipinski definition) is 2. The molecule has 0 radical (unpaired) electrons. The van der Waals surface area contributed by atoms with E-state index in [4.69, 9.17) is 5.73 Å². The van der Waals surface area contributed by atoms with E-state index in [1.807, 2.05) is 20.8 Å². The first kappa shape index (κ1) is 14.6. The lowest BCUT2D eigenvalue weighted by Gasteiger charge is -2.17. The molecule has 0 spiro atoms. The summed E-state index contributed by atoms with van der Waals surface area (Å²) in [7, 11) is 0. The minimum Gasteiger partial charge on any atom is -0.366 e. The molecule has 98 valence electrons. The second kappa shape index (κ2) is 5.91. The first-order valence-electron chi connectivity index (χ1n) is 5.62. The molecule has 0 unspecified atom stereocenters. The Morgan fingerprint density at radius 3 is 2.44 bits per heavy atom. The third-order valence-electron chi connectivity index (χ3n) is 2.10. The molecule has 1 aromatic rings. The molecule has 0 aromatic heterocycles. The van der Waals surface area contributed by atoms with Gasteiger partial charge in [0.1, 0.15) is 0 Å². The van der Waals surface area contributed by atoms with E-state index in [0.29, 0.717) is 17.0 Å². The van der Waals surface area contributed by atoms with Crippen LogP contribution in [0.15, 0.2) is 24.3 Å². The smallest absolute Gasteiger partial charge is 0.250 e. The molecule has 1 aromatic carbocycles. The van der Waals surface area contributed by atoms with Gasteiger partial charge < -0.3 is 11.1 Å². The summed E-state index contributed by atoms with van der Waals surface area (Å²) < 4.78 is 0.0283. The predicted octanol–water partition coefficient (Wildman–Crippen LogP) is 2.26. The first-order valence-corrected chi connectivity index (χ1v) is 6.61. The molecule has 0 atom stereocenters. The number of thioether (sulfide) groups is 1. The van der Waals surface area contributed by atoms with Crippen molar-refractivity contribution in [3.8, 4) is 0 Å². The van der Waals surface area contributed by atoms with Gasteiger partial charge in [0.05, 0.1) is 17.0 Å². The Balaban J connectivity index is 2.68. The average molecular weight is 266 g/mol. The lowest BCUT2D eigenvalue weighted by atomic mass is 10.1. The Kier molecular flexibility index (Phi) is 4.78. The van der Waals surface area contributed by atoms with E-state index in [9.17, 15) is 9.59 Å². The number of nitrogens with two attached hydrogens (primary N) is 1. The Morgan fingerprint density at radius 1 is 1.28 bits per heavy atom. The van der Waals surface area contributed by atoms with E-state index < -0.39 is 5.91 Å². The monoisotopic (exact) mass is 266 g/mol. The zero-order valence-corrected chi connectivity index (χ0v) is 11.6. The minimum absolute atomic E-state index is 0.0283. The largest absolute Gasteiger partial charge is 0.366 e. The van der Waals surface area contributed by atoms with Crippen molar-refractivity contribution >= 4 is 29.3 Å². The third-order valence-corrected chi connectivity index (χ3v) is 3.38. The summed E-state index contributed by atoms with van der Waals surface area (Å²) >= 11 is 1.55. The maximum atomic E-state index is 11.7. The molecule has 0 aliphatic carbocycles. The number of hydrogen-bond acceptors (Lipinski definition) is 3. The highest BCUT2D eigenvalue weighted by Gasteiger charge is 2.15. The second-order valence-electron chi connectivity index (χ2n) is 4.86. The van der Waals surface area contributed by atoms with E-state index in [1.165, 1.54) is 0 Å². The highest BCUT2D eigenvalue weighted by atomic mass is 32.2. The second-order valence-corrected chi connectivity index (χ2v) is 6.66. The van der Waals surface area contributed by atoms with Gasteiger partial charge in [0.15, 0.2) is 0 Å². The van der Waals surface area contributed by atoms with E-state index in [1.54, 1.807) is 36.0 Å². The van der Waals surface area contributed by atoms with Gasteiger partial charge in [0.2, 0.25) is 5.91 Å². The summed E-state index contributed by atoms with van der Waals surface area (Å²) in [6.07, 6.45) is 0. The molecular formula is C13H18N2O2S. The van der Waals surface area contributed by atoms with Gasteiger partial charge >= 0.3 is 0 Å². The normalized spacial score (nSPS) is 11.1. The lowest BCUT2D eigenvalue weighted by Crippen LogP contribution is -2.21. The van der Waals surface area contributed by atoms with Crippen LogP contribution in [-0.4, -0.2) is 22.3 Å². The molecule has 0 saturated heterocycles. The molecule has 2 amide bonds. The summed E-state index contributed by atoms with van der Waals surface area (Å²) in [5.74, 6) is -0.339. The molecule has 4 nitrogen and oxygen atoms in total. The maximum absolute atomic E-state index is 11.7. The van der Waals surface area contributed by atoms with Crippen molar-refractivity contribution in [1.82, 2.24) is 0 Å². The van der Waals surface area contributed by atoms with Crippen molar-refractivity contribution in [3.05, 3.63) is 29.8 Å². The van der Waals surface area contributed by atoms with Crippen LogP contribution in [0.3, 0.4) is 0 Å². The van der Waals surface area contributed by atoms with Gasteiger partial charge in [-0.15, -0.1) is 11.8 Å². The van der Waals surface area contributed by atoms with E-state index in [2.05, 4.69) is 5.32 Å². The Hall–Kier alpha value is -1.49. The SMILES string of the molecule is CC(C)(C)SCC(=O)Nc1ccccc1C(N)=O. The zero-order chi connectivity index (χ0) is 13.8. The predicted molar refractivity (Wildman–Crippen MR) is 75.8 cm³/mol. The Morgan fingerprint density at radius 2 is 1.89 bits per heavy atom. The summed E-state index contributed by atoms with van der Waals surface area (Å²) in [6.45, 7) is 6.13. The molecule has 3 N–H and O–H groups in total. The fraction of sp³-hybridized carbons (Fsp3) is 0.385. The van der Waals surface area contributed by atoms with Crippen molar-refractivity contribution in [2.24, 2.45) is 5.73 Å². The lowest BCUT2D eigenvalue weighted by molar-refractivity contribution is -0.113. The number of benzene rings is 1. The number of primary amides is 1. The number of amides is 2. The number of anilines is 1. The highest BCUT2D eigenvalue weighted by Crippen LogP contribution is 2.23. The van der Waals surface area contributed by atoms with Crippen molar-refractivity contribution in [2.75, 3.05) is 11.1 Å². The van der Waals surface area contributed by atoms with Crippen LogP contribution in [0, 0.1) is 0 Å². The molecule has 0 aliphatic rings. The number of carbonyl (C=O) groups excluding carboxylic acids is 2. The molecule has 18 heavy (non-hydrogen) atoms. The van der Waals surface area contributed by atoms with Crippen molar-refractivity contribution in [2.45, 2.75) is 25.5 Å². The third kappa shape index (κ3) is 4.79. The summed E-state index contributed by atoms with van der Waals surface area (Å²) in [5, 5.41) is 2.70. The van der Waals surface area contributed by atoms with Crippen LogP contribution in [0.5, 0.6) is 0 Å². The average Bonchev–Trinajstić information content (AvgIpc) is 2.26. The van der Waals surface area contributed by atoms with Crippen LogP contribution in [0.2, 0.25) is 0 Å². The molecule has 5 heteroatoms. The zero-order valence-electron chi connectivity index (χ0n) is 10.8. The molecule has 1 rings (SSSR count). The molecular weight excluding hydrogens is 248 g/mol. The molecule has 0 heterocycles. The summed E-state index contributed by atoms with van der Waals surface area (Å²) in [5.41, 5.74) is 6.03. The van der Waals surface area contributed by atoms with Crippen molar-refractivity contribution < 1.29 is 9.59 Å². The molecule has 0 aliphatic heterocycles. The Bertz CT molecular complexity index is 453. The van der Waals surface area contributed by atoms with Crippen LogP contribution < -0.4 is 11.1 Å². The van der Waals surface area contributed by atoms with Gasteiger partial charge in [-0.1, -0.05) is 32.9 Å². The van der Waals surface area contributed by atoms with Crippen molar-refractivity contribution in [3.63, 3.8) is 0 Å². The quantitative estimate of drug-likeness (QED) is 0.878. The summed E-state index contributed by atoms with van der Waals surface area (Å²) in [6, 6.07) is 6.72. The number of nitrogens with one attached hydrogen (secondary N) is 1. The van der Waals surface area contributed by atoms with Gasteiger partial charge in [0.25, 0.3) is 5.91 Å². The van der Waals surface area contributed by atoms with Gasteiger partial charge in [-0.2, -0.15) is 0 Å². The van der Waals surface area contributed by atoms with Gasteiger partial charge in [0, 0.05) is 4.75 Å².